The van der Waals surface area contributed by atoms with Gasteiger partial charge in [0.05, 0.1) is 0 Å². The Labute approximate surface area is 271 Å². The van der Waals surface area contributed by atoms with Gasteiger partial charge in [0.2, 0.25) is 11.8 Å². The molecule has 2 aromatic heterocycles. The zero-order valence-electron chi connectivity index (χ0n) is 24.5. The number of benzene rings is 5. The third kappa shape index (κ3) is 3.61. The lowest BCUT2D eigenvalue weighted by Crippen LogP contribution is -2.15. The fraction of sp³-hybridized carbons (Fsp3) is 0.158. The highest BCUT2D eigenvalue weighted by atomic mass is 79.9. The van der Waals surface area contributed by atoms with Crippen LogP contribution >= 0.6 is 31.9 Å². The number of rotatable bonds is 2. The minimum atomic E-state index is -0.122. The van der Waals surface area contributed by atoms with Crippen molar-refractivity contribution in [2.24, 2.45) is 0 Å². The Morgan fingerprint density at radius 2 is 0.841 bits per heavy atom. The fourth-order valence-electron chi connectivity index (χ4n) is 7.28. The first-order valence-electron chi connectivity index (χ1n) is 14.7. The topological polar surface area (TPSA) is 52.1 Å². The average Bonchev–Trinajstić information content (AvgIpc) is 3.72. The van der Waals surface area contributed by atoms with Crippen LogP contribution in [0, 0.1) is 0 Å². The Hall–Kier alpha value is -4.00. The van der Waals surface area contributed by atoms with Crippen LogP contribution in [0.4, 0.5) is 0 Å². The summed E-state index contributed by atoms with van der Waals surface area (Å²) in [5.74, 6) is 1.19. The van der Waals surface area contributed by atoms with Crippen molar-refractivity contribution in [3.8, 4) is 45.2 Å². The lowest BCUT2D eigenvalue weighted by molar-refractivity contribution is 0.616. The van der Waals surface area contributed by atoms with Crippen LogP contribution in [-0.2, 0) is 10.8 Å². The predicted octanol–water partition coefficient (Wildman–Crippen LogP) is 11.4. The van der Waals surface area contributed by atoms with Crippen LogP contribution in [0.3, 0.4) is 0 Å². The van der Waals surface area contributed by atoms with Crippen molar-refractivity contribution in [3.63, 3.8) is 0 Å². The van der Waals surface area contributed by atoms with Crippen molar-refractivity contribution in [3.05, 3.63) is 116 Å². The Kier molecular flexibility index (Phi) is 5.28. The summed E-state index contributed by atoms with van der Waals surface area (Å²) >= 11 is 7.30. The number of aromatic nitrogens is 2. The number of fused-ring (bicyclic) bond motifs is 8. The molecule has 0 N–H and O–H groups in total. The molecule has 7 aromatic rings. The van der Waals surface area contributed by atoms with E-state index in [9.17, 15) is 0 Å². The van der Waals surface area contributed by atoms with Gasteiger partial charge in [-0.3, -0.25) is 0 Å². The number of hydrogen-bond acceptors (Lipinski definition) is 4. The Balaban J connectivity index is 1.08. The molecule has 0 spiro atoms. The second kappa shape index (κ2) is 8.80. The molecule has 0 saturated carbocycles. The van der Waals surface area contributed by atoms with E-state index in [1.807, 2.05) is 12.1 Å². The maximum absolute atomic E-state index is 6.33. The third-order valence-electron chi connectivity index (χ3n) is 9.67. The monoisotopic (exact) mass is 700 g/mol. The molecule has 0 bridgehead atoms. The van der Waals surface area contributed by atoms with E-state index in [0.717, 1.165) is 31.1 Å². The highest BCUT2D eigenvalue weighted by molar-refractivity contribution is 9.10. The van der Waals surface area contributed by atoms with E-state index in [2.05, 4.69) is 132 Å². The first-order valence-corrected chi connectivity index (χ1v) is 16.3. The quantitative estimate of drug-likeness (QED) is 0.180. The molecule has 0 radical (unpaired) electrons. The molecule has 0 aliphatic heterocycles. The summed E-state index contributed by atoms with van der Waals surface area (Å²) in [5.41, 5.74) is 14.8. The lowest BCUT2D eigenvalue weighted by atomic mass is 9.82. The molecule has 9 rings (SSSR count). The molecule has 6 heteroatoms. The van der Waals surface area contributed by atoms with Crippen molar-refractivity contribution >= 4 is 54.1 Å². The molecule has 0 atom stereocenters. The largest absolute Gasteiger partial charge is 0.436 e. The van der Waals surface area contributed by atoms with Gasteiger partial charge < -0.3 is 8.83 Å². The SMILES string of the molecule is CC1(C)c2cc(Br)ccc2-c2ccc(-c3nc4cc5oc(-c6ccc7c(c6)C(C)(C)c6cc(Br)ccc6-7)nc5cc4o3)cc21. The molecule has 0 saturated heterocycles. The Morgan fingerprint density at radius 3 is 1.25 bits per heavy atom. The van der Waals surface area contributed by atoms with Crippen LogP contribution < -0.4 is 0 Å². The highest BCUT2D eigenvalue weighted by Crippen LogP contribution is 2.51. The Bertz CT molecular complexity index is 2160. The normalized spacial score (nSPS) is 15.4. The molecule has 44 heavy (non-hydrogen) atoms. The smallest absolute Gasteiger partial charge is 0.227 e. The number of halogens is 2. The van der Waals surface area contributed by atoms with Crippen LogP contribution in [0.25, 0.3) is 67.4 Å². The molecule has 2 aliphatic carbocycles. The summed E-state index contributed by atoms with van der Waals surface area (Å²) in [6.45, 7) is 9.10. The molecule has 2 heterocycles. The standard InChI is InChI=1S/C38H26Br2N2O2/c1-37(2)27-13-19(5-9-23(27)25-11-7-21(39)15-29(25)37)35-41-31-17-34-32(18-33(31)43-35)42-36(44-34)20-6-10-24-26-12-8-22(40)16-30(26)38(3,4)28(24)14-20/h5-18H,1-4H3. The lowest BCUT2D eigenvalue weighted by Gasteiger charge is -2.21. The van der Waals surface area contributed by atoms with Crippen molar-refractivity contribution in [1.29, 1.82) is 0 Å². The highest BCUT2D eigenvalue weighted by Gasteiger charge is 2.37. The predicted molar refractivity (Wildman–Crippen MR) is 183 cm³/mol. The third-order valence-corrected chi connectivity index (χ3v) is 10.7. The van der Waals surface area contributed by atoms with E-state index >= 15 is 0 Å². The van der Waals surface area contributed by atoms with Crippen LogP contribution in [-0.4, -0.2) is 9.97 Å². The van der Waals surface area contributed by atoms with Gasteiger partial charge in [-0.25, -0.2) is 9.97 Å². The van der Waals surface area contributed by atoms with E-state index in [1.54, 1.807) is 0 Å². The van der Waals surface area contributed by atoms with E-state index in [1.165, 1.54) is 44.5 Å². The van der Waals surface area contributed by atoms with Crippen LogP contribution in [0.5, 0.6) is 0 Å². The van der Waals surface area contributed by atoms with Crippen molar-refractivity contribution in [2.45, 2.75) is 38.5 Å². The molecular weight excluding hydrogens is 676 g/mol. The van der Waals surface area contributed by atoms with Gasteiger partial charge in [-0.1, -0.05) is 83.8 Å². The van der Waals surface area contributed by atoms with E-state index in [4.69, 9.17) is 18.8 Å². The molecule has 5 aromatic carbocycles. The number of nitrogens with zero attached hydrogens (tertiary/aromatic N) is 2. The molecular formula is C38H26Br2N2O2. The van der Waals surface area contributed by atoms with Gasteiger partial charge in [0, 0.05) is 43.0 Å². The first-order chi connectivity index (χ1) is 21.1. The maximum Gasteiger partial charge on any atom is 0.227 e. The summed E-state index contributed by atoms with van der Waals surface area (Å²) in [5, 5.41) is 0. The Morgan fingerprint density at radius 1 is 0.477 bits per heavy atom. The van der Waals surface area contributed by atoms with Crippen LogP contribution in [0.2, 0.25) is 0 Å². The fourth-order valence-corrected chi connectivity index (χ4v) is 8.00. The second-order valence-corrected chi connectivity index (χ2v) is 14.8. The van der Waals surface area contributed by atoms with Crippen LogP contribution in [0.15, 0.2) is 103 Å². The minimum Gasteiger partial charge on any atom is -0.436 e. The van der Waals surface area contributed by atoms with Gasteiger partial charge in [0.15, 0.2) is 11.2 Å². The zero-order chi connectivity index (χ0) is 30.1. The molecule has 4 nitrogen and oxygen atoms in total. The summed E-state index contributed by atoms with van der Waals surface area (Å²) in [7, 11) is 0. The second-order valence-electron chi connectivity index (χ2n) is 13.0. The van der Waals surface area contributed by atoms with Gasteiger partial charge in [0.1, 0.15) is 11.0 Å². The molecule has 0 amide bonds. The molecule has 214 valence electrons. The summed E-state index contributed by atoms with van der Waals surface area (Å²) in [6, 6.07) is 30.0. The molecule has 2 aliphatic rings. The van der Waals surface area contributed by atoms with Gasteiger partial charge >= 0.3 is 0 Å². The summed E-state index contributed by atoms with van der Waals surface area (Å²) in [6.07, 6.45) is 0. The molecule has 0 unspecified atom stereocenters. The van der Waals surface area contributed by atoms with Crippen molar-refractivity contribution in [1.82, 2.24) is 9.97 Å². The van der Waals surface area contributed by atoms with Crippen molar-refractivity contribution < 1.29 is 8.83 Å². The van der Waals surface area contributed by atoms with Gasteiger partial charge in [-0.2, -0.15) is 0 Å². The van der Waals surface area contributed by atoms with Crippen molar-refractivity contribution in [2.75, 3.05) is 0 Å². The molecule has 0 fully saturated rings. The summed E-state index contributed by atoms with van der Waals surface area (Å²) < 4.78 is 14.8. The van der Waals surface area contributed by atoms with Crippen LogP contribution in [0.1, 0.15) is 49.9 Å². The van der Waals surface area contributed by atoms with Gasteiger partial charge in [0.25, 0.3) is 0 Å². The van der Waals surface area contributed by atoms with E-state index in [0.29, 0.717) is 22.9 Å². The van der Waals surface area contributed by atoms with E-state index < -0.39 is 0 Å². The van der Waals surface area contributed by atoms with E-state index in [-0.39, 0.29) is 10.8 Å². The average molecular weight is 702 g/mol. The minimum absolute atomic E-state index is 0.122. The zero-order valence-corrected chi connectivity index (χ0v) is 27.7. The number of oxazole rings is 2. The maximum atomic E-state index is 6.33. The number of hydrogen-bond donors (Lipinski definition) is 0. The first kappa shape index (κ1) is 26.4. The summed E-state index contributed by atoms with van der Waals surface area (Å²) in [4.78, 5) is 9.76. The van der Waals surface area contributed by atoms with Gasteiger partial charge in [-0.05, 0) is 93.0 Å². The van der Waals surface area contributed by atoms with Gasteiger partial charge in [-0.15, -0.1) is 0 Å².